The normalized spacial score (nSPS) is 11.5. The fourth-order valence-electron chi connectivity index (χ4n) is 2.92. The van der Waals surface area contributed by atoms with Gasteiger partial charge in [-0.25, -0.2) is 0 Å². The highest BCUT2D eigenvalue weighted by Crippen LogP contribution is 2.30. The van der Waals surface area contributed by atoms with Gasteiger partial charge < -0.3 is 0 Å². The van der Waals surface area contributed by atoms with Crippen LogP contribution in [0.15, 0.2) is 89.8 Å². The Bertz CT molecular complexity index is 1210. The summed E-state index contributed by atoms with van der Waals surface area (Å²) in [5.74, 6) is 0. The average molecular weight is 409 g/mol. The molecule has 0 unspecified atom stereocenters. The number of benzene rings is 3. The zero-order valence-corrected chi connectivity index (χ0v) is 16.7. The maximum Gasteiger partial charge on any atom is 0.283 e. The minimum absolute atomic E-state index is 0.191. The molecule has 0 atom stereocenters. The molecular weight excluding hydrogens is 392 g/mol. The van der Waals surface area contributed by atoms with E-state index in [1.807, 2.05) is 37.3 Å². The molecule has 1 heterocycles. The molecule has 0 aliphatic rings. The first-order valence-electron chi connectivity index (χ1n) is 8.69. The fraction of sp³-hybridized carbons (Fsp3) is 0.0455. The number of halogens is 1. The molecule has 4 rings (SSSR count). The van der Waals surface area contributed by atoms with Crippen molar-refractivity contribution in [2.45, 2.75) is 11.8 Å². The van der Waals surface area contributed by atoms with Gasteiger partial charge >= 0.3 is 0 Å². The third-order valence-corrected chi connectivity index (χ3v) is 6.29. The van der Waals surface area contributed by atoms with Crippen molar-refractivity contribution in [2.24, 2.45) is 0 Å². The summed E-state index contributed by atoms with van der Waals surface area (Å²) in [6.07, 6.45) is 0. The molecule has 4 aromatic rings. The Labute approximate surface area is 169 Å². The lowest BCUT2D eigenvalue weighted by Crippen LogP contribution is -2.16. The van der Waals surface area contributed by atoms with E-state index in [0.29, 0.717) is 16.4 Å². The van der Waals surface area contributed by atoms with E-state index in [2.05, 4.69) is 5.10 Å². The smallest absolute Gasteiger partial charge is 0.199 e. The van der Waals surface area contributed by atoms with E-state index in [9.17, 15) is 8.42 Å². The fourth-order valence-corrected chi connectivity index (χ4v) is 4.34. The van der Waals surface area contributed by atoms with Crippen LogP contribution in [0.4, 0.5) is 0 Å². The van der Waals surface area contributed by atoms with Gasteiger partial charge in [0, 0.05) is 16.1 Å². The summed E-state index contributed by atoms with van der Waals surface area (Å²) in [6.45, 7) is 1.91. The topological polar surface area (TPSA) is 52.0 Å². The summed E-state index contributed by atoms with van der Waals surface area (Å²) in [5, 5.41) is 5.03. The zero-order chi connectivity index (χ0) is 19.7. The maximum absolute atomic E-state index is 13.3. The molecule has 3 aromatic carbocycles. The predicted octanol–water partition coefficient (Wildman–Crippen LogP) is 5.42. The minimum atomic E-state index is -3.86. The molecule has 4 nitrogen and oxygen atoms in total. The minimum Gasteiger partial charge on any atom is -0.199 e. The van der Waals surface area contributed by atoms with Crippen LogP contribution in [0.25, 0.3) is 22.5 Å². The van der Waals surface area contributed by atoms with Crippen LogP contribution in [0, 0.1) is 6.92 Å². The molecule has 140 valence electrons. The molecular formula is C22H17ClN2O2S. The van der Waals surface area contributed by atoms with Crippen molar-refractivity contribution in [3.05, 3.63) is 95.5 Å². The van der Waals surface area contributed by atoms with Crippen LogP contribution in [-0.2, 0) is 10.0 Å². The first-order chi connectivity index (χ1) is 13.4. The lowest BCUT2D eigenvalue weighted by atomic mass is 10.1. The zero-order valence-electron chi connectivity index (χ0n) is 15.1. The summed E-state index contributed by atoms with van der Waals surface area (Å²) in [4.78, 5) is 0.191. The highest BCUT2D eigenvalue weighted by molar-refractivity contribution is 7.90. The van der Waals surface area contributed by atoms with E-state index in [1.165, 1.54) is 0 Å². The van der Waals surface area contributed by atoms with Gasteiger partial charge in [0.05, 0.1) is 16.3 Å². The van der Waals surface area contributed by atoms with Gasteiger partial charge in [-0.05, 0) is 37.3 Å². The van der Waals surface area contributed by atoms with Crippen LogP contribution >= 0.6 is 11.6 Å². The summed E-state index contributed by atoms with van der Waals surface area (Å²) >= 11 is 6.00. The van der Waals surface area contributed by atoms with E-state index in [4.69, 9.17) is 11.6 Å². The van der Waals surface area contributed by atoms with Gasteiger partial charge in [0.1, 0.15) is 0 Å². The van der Waals surface area contributed by atoms with Crippen LogP contribution in [0.2, 0.25) is 5.02 Å². The van der Waals surface area contributed by atoms with E-state index < -0.39 is 10.0 Å². The Morgan fingerprint density at radius 1 is 0.821 bits per heavy atom. The molecule has 0 fully saturated rings. The second-order valence-corrected chi connectivity index (χ2v) is 8.65. The number of aryl methyl sites for hydroxylation is 1. The van der Waals surface area contributed by atoms with Crippen molar-refractivity contribution in [3.63, 3.8) is 0 Å². The van der Waals surface area contributed by atoms with Crippen LogP contribution in [0.5, 0.6) is 0 Å². The van der Waals surface area contributed by atoms with Gasteiger partial charge in [-0.1, -0.05) is 71.8 Å². The Balaban J connectivity index is 1.93. The third kappa shape index (κ3) is 3.46. The van der Waals surface area contributed by atoms with Gasteiger partial charge in [0.15, 0.2) is 0 Å². The molecule has 28 heavy (non-hydrogen) atoms. The monoisotopic (exact) mass is 408 g/mol. The summed E-state index contributed by atoms with van der Waals surface area (Å²) in [5.41, 5.74) is 3.62. The van der Waals surface area contributed by atoms with Gasteiger partial charge in [-0.3, -0.25) is 0 Å². The third-order valence-electron chi connectivity index (χ3n) is 4.43. The van der Waals surface area contributed by atoms with Gasteiger partial charge in [-0.15, -0.1) is 0 Å². The molecule has 1 aromatic heterocycles. The van der Waals surface area contributed by atoms with Crippen LogP contribution < -0.4 is 0 Å². The average Bonchev–Trinajstić information content (AvgIpc) is 3.16. The molecule has 0 spiro atoms. The molecule has 0 saturated heterocycles. The van der Waals surface area contributed by atoms with Crippen LogP contribution in [-0.4, -0.2) is 17.6 Å². The molecule has 0 bridgehead atoms. The largest absolute Gasteiger partial charge is 0.283 e. The number of aromatic nitrogens is 2. The summed E-state index contributed by atoms with van der Waals surface area (Å²) in [7, 11) is -3.86. The molecule has 0 amide bonds. The Morgan fingerprint density at radius 2 is 1.46 bits per heavy atom. The lowest BCUT2D eigenvalue weighted by molar-refractivity contribution is 0.581. The quantitative estimate of drug-likeness (QED) is 0.453. The van der Waals surface area contributed by atoms with Crippen molar-refractivity contribution in [1.82, 2.24) is 9.19 Å². The van der Waals surface area contributed by atoms with Gasteiger partial charge in [0.2, 0.25) is 0 Å². The molecule has 0 saturated carbocycles. The van der Waals surface area contributed by atoms with E-state index in [0.717, 1.165) is 20.8 Å². The Kier molecular flexibility index (Phi) is 4.79. The highest BCUT2D eigenvalue weighted by atomic mass is 35.5. The number of hydrogen-bond donors (Lipinski definition) is 0. The van der Waals surface area contributed by atoms with Gasteiger partial charge in [0.25, 0.3) is 10.0 Å². The molecule has 0 aliphatic carbocycles. The Hall–Kier alpha value is -2.89. The van der Waals surface area contributed by atoms with Crippen molar-refractivity contribution in [1.29, 1.82) is 0 Å². The number of rotatable bonds is 4. The molecule has 0 radical (unpaired) electrons. The second kappa shape index (κ2) is 7.26. The Morgan fingerprint density at radius 3 is 2.11 bits per heavy atom. The standard InChI is InChI=1S/C22H17ClN2O2S/c1-16-7-13-20(14-8-16)28(26,27)25-22(18-9-11-19(23)12-10-18)15-21(24-25)17-5-3-2-4-6-17/h2-15H,1H3. The van der Waals surface area contributed by atoms with Crippen LogP contribution in [0.3, 0.4) is 0 Å². The van der Waals surface area contributed by atoms with Gasteiger partial charge in [-0.2, -0.15) is 17.6 Å². The van der Waals surface area contributed by atoms with Crippen LogP contribution in [0.1, 0.15) is 5.56 Å². The molecule has 6 heteroatoms. The number of nitrogens with zero attached hydrogens (tertiary/aromatic N) is 2. The summed E-state index contributed by atoms with van der Waals surface area (Å²) < 4.78 is 27.8. The first kappa shape index (κ1) is 18.5. The molecule has 0 aliphatic heterocycles. The number of hydrogen-bond acceptors (Lipinski definition) is 3. The lowest BCUT2D eigenvalue weighted by Gasteiger charge is -2.09. The van der Waals surface area contributed by atoms with Crippen molar-refractivity contribution in [3.8, 4) is 22.5 Å². The van der Waals surface area contributed by atoms with E-state index >= 15 is 0 Å². The van der Waals surface area contributed by atoms with Crippen molar-refractivity contribution >= 4 is 21.6 Å². The summed E-state index contributed by atoms with van der Waals surface area (Å²) in [6, 6.07) is 25.1. The predicted molar refractivity (Wildman–Crippen MR) is 112 cm³/mol. The van der Waals surface area contributed by atoms with E-state index in [1.54, 1.807) is 54.6 Å². The van der Waals surface area contributed by atoms with Crippen molar-refractivity contribution < 1.29 is 8.42 Å². The SMILES string of the molecule is Cc1ccc(S(=O)(=O)n2nc(-c3ccccc3)cc2-c2ccc(Cl)cc2)cc1. The van der Waals surface area contributed by atoms with E-state index in [-0.39, 0.29) is 4.90 Å². The van der Waals surface area contributed by atoms with Crippen molar-refractivity contribution in [2.75, 3.05) is 0 Å². The maximum atomic E-state index is 13.3. The molecule has 0 N–H and O–H groups in total. The first-order valence-corrected chi connectivity index (χ1v) is 10.5. The highest BCUT2D eigenvalue weighted by Gasteiger charge is 2.24. The second-order valence-electron chi connectivity index (χ2n) is 6.45.